The summed E-state index contributed by atoms with van der Waals surface area (Å²) >= 11 is 0. The Morgan fingerprint density at radius 3 is 2.73 bits per heavy atom. The van der Waals surface area contributed by atoms with Gasteiger partial charge >= 0.3 is 0 Å². The summed E-state index contributed by atoms with van der Waals surface area (Å²) in [6.45, 7) is 6.88. The van der Waals surface area contributed by atoms with Crippen molar-refractivity contribution in [1.82, 2.24) is 4.98 Å². The SMILES string of the molecule is CCCOc1cncc(C(C)(N)CC)c1. The lowest BCUT2D eigenvalue weighted by Gasteiger charge is -2.23. The van der Waals surface area contributed by atoms with Crippen molar-refractivity contribution in [3.05, 3.63) is 24.0 Å². The highest BCUT2D eigenvalue weighted by Gasteiger charge is 2.19. The monoisotopic (exact) mass is 208 g/mol. The van der Waals surface area contributed by atoms with Crippen molar-refractivity contribution in [2.24, 2.45) is 5.73 Å². The first-order valence-corrected chi connectivity index (χ1v) is 5.47. The maximum absolute atomic E-state index is 6.14. The van der Waals surface area contributed by atoms with Crippen LogP contribution < -0.4 is 10.5 Å². The van der Waals surface area contributed by atoms with Gasteiger partial charge in [-0.3, -0.25) is 4.98 Å². The first kappa shape index (κ1) is 12.0. The summed E-state index contributed by atoms with van der Waals surface area (Å²) in [7, 11) is 0. The minimum absolute atomic E-state index is 0.321. The second kappa shape index (κ2) is 5.12. The van der Waals surface area contributed by atoms with Gasteiger partial charge in [0.25, 0.3) is 0 Å². The zero-order valence-electron chi connectivity index (χ0n) is 9.79. The van der Waals surface area contributed by atoms with E-state index in [2.05, 4.69) is 18.8 Å². The van der Waals surface area contributed by atoms with E-state index >= 15 is 0 Å². The van der Waals surface area contributed by atoms with Crippen molar-refractivity contribution >= 4 is 0 Å². The van der Waals surface area contributed by atoms with Gasteiger partial charge in [-0.2, -0.15) is 0 Å². The molecule has 3 heteroatoms. The van der Waals surface area contributed by atoms with Crippen LogP contribution in [0.4, 0.5) is 0 Å². The average molecular weight is 208 g/mol. The Hall–Kier alpha value is -1.09. The van der Waals surface area contributed by atoms with Crippen LogP contribution in [0.2, 0.25) is 0 Å². The summed E-state index contributed by atoms with van der Waals surface area (Å²) in [4.78, 5) is 4.15. The third kappa shape index (κ3) is 3.20. The molecule has 0 saturated carbocycles. The largest absolute Gasteiger partial charge is 0.492 e. The molecule has 0 amide bonds. The fourth-order valence-electron chi connectivity index (χ4n) is 1.23. The molecule has 0 aromatic carbocycles. The predicted octanol–water partition coefficient (Wildman–Crippen LogP) is 2.45. The summed E-state index contributed by atoms with van der Waals surface area (Å²) in [6.07, 6.45) is 5.41. The second-order valence-corrected chi connectivity index (χ2v) is 4.03. The Balaban J connectivity index is 2.82. The molecule has 2 N–H and O–H groups in total. The van der Waals surface area contributed by atoms with E-state index in [1.165, 1.54) is 0 Å². The van der Waals surface area contributed by atoms with E-state index in [0.29, 0.717) is 0 Å². The van der Waals surface area contributed by atoms with E-state index in [4.69, 9.17) is 10.5 Å². The van der Waals surface area contributed by atoms with Gasteiger partial charge in [-0.15, -0.1) is 0 Å². The Morgan fingerprint density at radius 2 is 2.13 bits per heavy atom. The van der Waals surface area contributed by atoms with Crippen LogP contribution in [0.15, 0.2) is 18.5 Å². The summed E-state index contributed by atoms with van der Waals surface area (Å²) in [6, 6.07) is 1.98. The Kier molecular flexibility index (Phi) is 4.09. The van der Waals surface area contributed by atoms with E-state index in [-0.39, 0.29) is 5.54 Å². The quantitative estimate of drug-likeness (QED) is 0.808. The van der Waals surface area contributed by atoms with Crippen LogP contribution in [0, 0.1) is 0 Å². The van der Waals surface area contributed by atoms with Gasteiger partial charge in [-0.1, -0.05) is 13.8 Å². The molecule has 84 valence electrons. The van der Waals surface area contributed by atoms with Crippen molar-refractivity contribution in [1.29, 1.82) is 0 Å². The maximum Gasteiger partial charge on any atom is 0.137 e. The first-order valence-electron chi connectivity index (χ1n) is 5.47. The molecule has 0 aliphatic rings. The molecule has 0 saturated heterocycles. The molecule has 15 heavy (non-hydrogen) atoms. The van der Waals surface area contributed by atoms with Crippen LogP contribution in [0.3, 0.4) is 0 Å². The maximum atomic E-state index is 6.14. The van der Waals surface area contributed by atoms with Crippen molar-refractivity contribution in [2.45, 2.75) is 39.2 Å². The number of rotatable bonds is 5. The van der Waals surface area contributed by atoms with Crippen molar-refractivity contribution in [2.75, 3.05) is 6.61 Å². The highest BCUT2D eigenvalue weighted by molar-refractivity contribution is 5.28. The van der Waals surface area contributed by atoms with Gasteiger partial charge in [0.1, 0.15) is 5.75 Å². The molecule has 1 aromatic heterocycles. The minimum atomic E-state index is -0.321. The molecule has 1 heterocycles. The molecule has 0 fully saturated rings. The molecular formula is C12H20N2O. The Labute approximate surface area is 91.7 Å². The lowest BCUT2D eigenvalue weighted by molar-refractivity contribution is 0.314. The lowest BCUT2D eigenvalue weighted by Crippen LogP contribution is -2.32. The fourth-order valence-corrected chi connectivity index (χ4v) is 1.23. The van der Waals surface area contributed by atoms with Gasteiger partial charge in [-0.05, 0) is 31.4 Å². The number of ether oxygens (including phenoxy) is 1. The molecule has 0 aliphatic heterocycles. The van der Waals surface area contributed by atoms with E-state index < -0.39 is 0 Å². The van der Waals surface area contributed by atoms with Gasteiger partial charge in [0.2, 0.25) is 0 Å². The number of hydrogen-bond donors (Lipinski definition) is 1. The van der Waals surface area contributed by atoms with Crippen LogP contribution in [-0.4, -0.2) is 11.6 Å². The molecule has 1 rings (SSSR count). The normalized spacial score (nSPS) is 14.7. The molecule has 0 aliphatic carbocycles. The van der Waals surface area contributed by atoms with E-state index in [1.807, 2.05) is 19.2 Å². The van der Waals surface area contributed by atoms with Gasteiger partial charge in [-0.25, -0.2) is 0 Å². The van der Waals surface area contributed by atoms with Gasteiger partial charge in [0.15, 0.2) is 0 Å². The van der Waals surface area contributed by atoms with E-state index in [9.17, 15) is 0 Å². The van der Waals surface area contributed by atoms with Crippen molar-refractivity contribution in [3.63, 3.8) is 0 Å². The van der Waals surface area contributed by atoms with E-state index in [0.717, 1.165) is 30.8 Å². The Morgan fingerprint density at radius 1 is 1.40 bits per heavy atom. The second-order valence-electron chi connectivity index (χ2n) is 4.03. The van der Waals surface area contributed by atoms with Gasteiger partial charge in [0.05, 0.1) is 12.8 Å². The van der Waals surface area contributed by atoms with Crippen LogP contribution >= 0.6 is 0 Å². The molecule has 0 spiro atoms. The molecule has 0 bridgehead atoms. The number of hydrogen-bond acceptors (Lipinski definition) is 3. The summed E-state index contributed by atoms with van der Waals surface area (Å²) in [5, 5.41) is 0. The fraction of sp³-hybridized carbons (Fsp3) is 0.583. The third-order valence-electron chi connectivity index (χ3n) is 2.58. The minimum Gasteiger partial charge on any atom is -0.492 e. The van der Waals surface area contributed by atoms with Crippen LogP contribution in [-0.2, 0) is 5.54 Å². The average Bonchev–Trinajstić information content (AvgIpc) is 2.27. The Bertz CT molecular complexity index is 310. The first-order chi connectivity index (χ1) is 7.10. The zero-order valence-corrected chi connectivity index (χ0v) is 9.79. The lowest BCUT2D eigenvalue weighted by atomic mass is 9.92. The van der Waals surface area contributed by atoms with Crippen LogP contribution in [0.25, 0.3) is 0 Å². The molecule has 3 nitrogen and oxygen atoms in total. The standard InChI is InChI=1S/C12H20N2O/c1-4-6-15-11-7-10(8-14-9-11)12(3,13)5-2/h7-9H,4-6,13H2,1-3H3. The van der Waals surface area contributed by atoms with Gasteiger partial charge < -0.3 is 10.5 Å². The van der Waals surface area contributed by atoms with Crippen LogP contribution in [0.5, 0.6) is 5.75 Å². The highest BCUT2D eigenvalue weighted by Crippen LogP contribution is 2.23. The number of nitrogens with zero attached hydrogens (tertiary/aromatic N) is 1. The number of pyridine rings is 1. The predicted molar refractivity (Wildman–Crippen MR) is 61.9 cm³/mol. The van der Waals surface area contributed by atoms with Gasteiger partial charge in [0, 0.05) is 11.7 Å². The summed E-state index contributed by atoms with van der Waals surface area (Å²) in [5.74, 6) is 0.805. The molecule has 1 atom stereocenters. The topological polar surface area (TPSA) is 48.1 Å². The third-order valence-corrected chi connectivity index (χ3v) is 2.58. The smallest absolute Gasteiger partial charge is 0.137 e. The van der Waals surface area contributed by atoms with Crippen molar-refractivity contribution in [3.8, 4) is 5.75 Å². The summed E-state index contributed by atoms with van der Waals surface area (Å²) in [5.41, 5.74) is 6.84. The number of nitrogens with two attached hydrogens (primary N) is 1. The van der Waals surface area contributed by atoms with E-state index in [1.54, 1.807) is 6.20 Å². The molecule has 1 unspecified atom stereocenters. The van der Waals surface area contributed by atoms with Crippen molar-refractivity contribution < 1.29 is 4.74 Å². The molecule has 0 radical (unpaired) electrons. The number of aromatic nitrogens is 1. The molecular weight excluding hydrogens is 188 g/mol. The summed E-state index contributed by atoms with van der Waals surface area (Å²) < 4.78 is 5.52. The van der Waals surface area contributed by atoms with Crippen LogP contribution in [0.1, 0.15) is 39.2 Å². The molecule has 1 aromatic rings. The highest BCUT2D eigenvalue weighted by atomic mass is 16.5. The zero-order chi connectivity index (χ0) is 11.3.